The molecule has 0 fully saturated rings. The first-order valence-electron chi connectivity index (χ1n) is 12.1. The molecule has 0 aliphatic carbocycles. The summed E-state index contributed by atoms with van der Waals surface area (Å²) in [5.74, 6) is 0. The van der Waals surface area contributed by atoms with Crippen LogP contribution in [0.15, 0.2) is 115 Å². The average Bonchev–Trinajstić information content (AvgIpc) is 2.95. The van der Waals surface area contributed by atoms with Crippen LogP contribution in [0.5, 0.6) is 0 Å². The fourth-order valence-corrected chi connectivity index (χ4v) is 3.13. The van der Waals surface area contributed by atoms with E-state index in [9.17, 15) is 4.79 Å². The van der Waals surface area contributed by atoms with Crippen LogP contribution in [0.25, 0.3) is 0 Å². The fourth-order valence-electron chi connectivity index (χ4n) is 3.13. The fraction of sp³-hybridized carbons (Fsp3) is 0.219. The summed E-state index contributed by atoms with van der Waals surface area (Å²) in [4.78, 5) is 10.0. The van der Waals surface area contributed by atoms with Gasteiger partial charge in [-0.25, -0.2) is 0 Å². The number of hydrogen-bond donors (Lipinski definition) is 3. The van der Waals surface area contributed by atoms with Crippen molar-refractivity contribution in [2.24, 2.45) is 5.73 Å². The van der Waals surface area contributed by atoms with E-state index >= 15 is 0 Å². The van der Waals surface area contributed by atoms with Gasteiger partial charge in [0.2, 0.25) is 0 Å². The molecule has 5 nitrogen and oxygen atoms in total. The van der Waals surface area contributed by atoms with Crippen molar-refractivity contribution in [2.75, 3.05) is 7.11 Å². The molecule has 6 N–H and O–H groups in total. The Labute approximate surface area is 222 Å². The summed E-state index contributed by atoms with van der Waals surface area (Å²) in [6, 6.07) is 38.9. The van der Waals surface area contributed by atoms with Gasteiger partial charge in [-0.1, -0.05) is 121 Å². The zero-order valence-electron chi connectivity index (χ0n) is 22.3. The van der Waals surface area contributed by atoms with Crippen molar-refractivity contribution < 1.29 is 15.4 Å². The van der Waals surface area contributed by atoms with Gasteiger partial charge >= 0.3 is 0 Å². The van der Waals surface area contributed by atoms with Gasteiger partial charge in [-0.3, -0.25) is 4.79 Å². The lowest BCUT2D eigenvalue weighted by molar-refractivity contribution is 0.112. The van der Waals surface area contributed by atoms with Crippen molar-refractivity contribution in [1.82, 2.24) is 5.32 Å². The van der Waals surface area contributed by atoms with Gasteiger partial charge in [0.25, 0.3) is 0 Å². The lowest BCUT2D eigenvalue weighted by Crippen LogP contribution is -2.17. The molecule has 37 heavy (non-hydrogen) atoms. The van der Waals surface area contributed by atoms with Gasteiger partial charge in [-0.05, 0) is 37.5 Å². The summed E-state index contributed by atoms with van der Waals surface area (Å²) < 4.78 is 0. The molecule has 2 unspecified atom stereocenters. The highest BCUT2D eigenvalue weighted by atomic mass is 16.2. The van der Waals surface area contributed by atoms with Gasteiger partial charge in [-0.15, -0.1) is 0 Å². The molecule has 0 saturated heterocycles. The molecule has 4 aromatic rings. The van der Waals surface area contributed by atoms with E-state index < -0.39 is 0 Å². The number of rotatable bonds is 6. The molecule has 4 aromatic carbocycles. The van der Waals surface area contributed by atoms with E-state index in [-0.39, 0.29) is 11.5 Å². The maximum absolute atomic E-state index is 10.0. The van der Waals surface area contributed by atoms with Crippen LogP contribution < -0.4 is 11.1 Å². The first kappa shape index (κ1) is 33.4. The Kier molecular flexibility index (Phi) is 18.6. The molecule has 4 rings (SSSR count). The maximum atomic E-state index is 10.0. The van der Waals surface area contributed by atoms with Crippen LogP contribution in [0, 0.1) is 6.92 Å². The molecule has 5 heteroatoms. The summed E-state index contributed by atoms with van der Waals surface area (Å²) in [5.41, 5.74) is 11.5. The molecule has 2 atom stereocenters. The van der Waals surface area contributed by atoms with Crippen molar-refractivity contribution in [3.8, 4) is 0 Å². The summed E-state index contributed by atoms with van der Waals surface area (Å²) >= 11 is 0. The van der Waals surface area contributed by atoms with Gasteiger partial charge in [0.1, 0.15) is 6.29 Å². The molecule has 0 heterocycles. The lowest BCUT2D eigenvalue weighted by atomic mass is 10.1. The number of hydrogen-bond acceptors (Lipinski definition) is 4. The van der Waals surface area contributed by atoms with Crippen LogP contribution in [0.4, 0.5) is 0 Å². The minimum Gasteiger partial charge on any atom is -0.412 e. The molecule has 0 radical (unpaired) electrons. The highest BCUT2D eigenvalue weighted by molar-refractivity contribution is 5.74. The van der Waals surface area contributed by atoms with Crippen LogP contribution in [0.2, 0.25) is 0 Å². The van der Waals surface area contributed by atoms with Gasteiger partial charge in [-0.2, -0.15) is 0 Å². The van der Waals surface area contributed by atoms with Crippen LogP contribution in [0.3, 0.4) is 0 Å². The average molecular weight is 503 g/mol. The number of aliphatic hydroxyl groups excluding tert-OH is 1. The van der Waals surface area contributed by atoms with E-state index in [1.807, 2.05) is 37.3 Å². The number of carbonyl (C=O) groups excluding carboxylic acids is 1. The second-order valence-corrected chi connectivity index (χ2v) is 8.23. The van der Waals surface area contributed by atoms with E-state index in [0.29, 0.717) is 6.04 Å². The van der Waals surface area contributed by atoms with E-state index in [4.69, 9.17) is 10.8 Å². The number of carbonyl (C=O) groups is 1. The number of aliphatic hydroxyl groups is 1. The second kappa shape index (κ2) is 20.6. The van der Waals surface area contributed by atoms with E-state index in [0.717, 1.165) is 25.5 Å². The normalized spacial score (nSPS) is 10.9. The molecule has 0 amide bonds. The van der Waals surface area contributed by atoms with Crippen LogP contribution >= 0.6 is 0 Å². The molecular weight excluding hydrogens is 460 g/mol. The highest BCUT2D eigenvalue weighted by Gasteiger charge is 2.03. The van der Waals surface area contributed by atoms with Gasteiger partial charge in [0.05, 0.1) is 0 Å². The number of aryl methyl sites for hydroxylation is 1. The van der Waals surface area contributed by atoms with Crippen molar-refractivity contribution in [1.29, 1.82) is 0 Å². The third-order valence-electron chi connectivity index (χ3n) is 5.29. The van der Waals surface area contributed by atoms with Crippen LogP contribution in [-0.4, -0.2) is 24.0 Å². The minimum atomic E-state index is 0. The third-order valence-corrected chi connectivity index (χ3v) is 5.29. The summed E-state index contributed by atoms with van der Waals surface area (Å²) in [6.45, 7) is 7.17. The first-order valence-corrected chi connectivity index (χ1v) is 12.1. The zero-order chi connectivity index (χ0) is 26.6. The Balaban J connectivity index is 0.000000534. The zero-order valence-corrected chi connectivity index (χ0v) is 22.3. The minimum absolute atomic E-state index is 0. The molecule has 0 saturated carbocycles. The Morgan fingerprint density at radius 3 is 1.62 bits per heavy atom. The standard InChI is InChI=1S/C15H17N.C9H13N.C7H6O.CH4O.H2O/c1-13(15-10-6-3-7-11-15)16-12-14-8-4-2-5-9-14;1-7-3-5-9(6-4-7)8(2)10;8-6-7-4-2-1-3-5-7;1-2;/h2-11,13,16H,12H2,1H3;3-6,8H,10H2,1-2H3;1-6H;2H,1H3;1H2. The number of aldehydes is 1. The van der Waals surface area contributed by atoms with Gasteiger partial charge < -0.3 is 21.6 Å². The first-order chi connectivity index (χ1) is 17.5. The quantitative estimate of drug-likeness (QED) is 0.288. The van der Waals surface area contributed by atoms with Gasteiger partial charge in [0, 0.05) is 31.3 Å². The molecule has 0 bridgehead atoms. The molecule has 198 valence electrons. The SMILES string of the molecule is CC(NCc1ccccc1)c1ccccc1.CO.Cc1ccc(C(C)N)cc1.O.O=Cc1ccccc1. The molecule has 0 aliphatic rings. The van der Waals surface area contributed by atoms with E-state index in [1.54, 1.807) is 12.1 Å². The molecule has 0 aromatic heterocycles. The summed E-state index contributed by atoms with van der Waals surface area (Å²) in [6.07, 6.45) is 0.833. The number of benzene rings is 4. The van der Waals surface area contributed by atoms with Crippen molar-refractivity contribution in [3.05, 3.63) is 143 Å². The van der Waals surface area contributed by atoms with Crippen molar-refractivity contribution >= 4 is 6.29 Å². The van der Waals surface area contributed by atoms with Crippen molar-refractivity contribution in [2.45, 2.75) is 39.4 Å². The Morgan fingerprint density at radius 2 is 1.19 bits per heavy atom. The monoisotopic (exact) mass is 502 g/mol. The molecular formula is C32H42N2O3. The maximum Gasteiger partial charge on any atom is 0.150 e. The van der Waals surface area contributed by atoms with Gasteiger partial charge in [0.15, 0.2) is 0 Å². The van der Waals surface area contributed by atoms with Crippen LogP contribution in [-0.2, 0) is 6.54 Å². The van der Waals surface area contributed by atoms with E-state index in [1.165, 1.54) is 22.3 Å². The predicted molar refractivity (Wildman–Crippen MR) is 156 cm³/mol. The molecule has 0 aliphatic heterocycles. The Morgan fingerprint density at radius 1 is 0.730 bits per heavy atom. The van der Waals surface area contributed by atoms with Crippen LogP contribution in [0.1, 0.15) is 58.5 Å². The largest absolute Gasteiger partial charge is 0.412 e. The topological polar surface area (TPSA) is 107 Å². The Bertz CT molecular complexity index is 1060. The summed E-state index contributed by atoms with van der Waals surface area (Å²) in [5, 5.41) is 10.5. The number of nitrogens with one attached hydrogen (secondary N) is 1. The Hall–Kier alpha value is -3.61. The molecule has 0 spiro atoms. The van der Waals surface area contributed by atoms with Crippen molar-refractivity contribution in [3.63, 3.8) is 0 Å². The second-order valence-electron chi connectivity index (χ2n) is 8.23. The predicted octanol–water partition coefficient (Wildman–Crippen LogP) is 5.84. The lowest BCUT2D eigenvalue weighted by Gasteiger charge is -2.14. The van der Waals surface area contributed by atoms with E-state index in [2.05, 4.69) is 92.0 Å². The number of nitrogens with two attached hydrogens (primary N) is 1. The summed E-state index contributed by atoms with van der Waals surface area (Å²) in [7, 11) is 1.00. The highest BCUT2D eigenvalue weighted by Crippen LogP contribution is 2.12. The smallest absolute Gasteiger partial charge is 0.150 e. The third kappa shape index (κ3) is 14.5.